The number of pyridine rings is 1. The van der Waals surface area contributed by atoms with E-state index in [4.69, 9.17) is 6.42 Å². The average molecular weight is 408 g/mol. The van der Waals surface area contributed by atoms with Crippen molar-refractivity contribution in [1.29, 1.82) is 0 Å². The first kappa shape index (κ1) is 20.0. The summed E-state index contributed by atoms with van der Waals surface area (Å²) in [7, 11) is 0. The summed E-state index contributed by atoms with van der Waals surface area (Å²) < 4.78 is 1.59. The van der Waals surface area contributed by atoms with E-state index in [1.54, 1.807) is 17.6 Å². The topological polar surface area (TPSA) is 76.9 Å². The number of carbonyl (C=O) groups excluding carboxylic acids is 1. The van der Waals surface area contributed by atoms with Crippen LogP contribution in [0.1, 0.15) is 40.4 Å². The van der Waals surface area contributed by atoms with Crippen molar-refractivity contribution < 1.29 is 4.79 Å². The number of nitrogens with zero attached hydrogens (tertiary/aromatic N) is 3. The molecule has 0 radical (unpaired) electrons. The minimum absolute atomic E-state index is 0.232. The van der Waals surface area contributed by atoms with Crippen molar-refractivity contribution in [2.45, 2.75) is 19.9 Å². The van der Waals surface area contributed by atoms with Crippen LogP contribution in [0.2, 0.25) is 0 Å². The number of aromatic nitrogens is 3. The summed E-state index contributed by atoms with van der Waals surface area (Å²) in [5.74, 6) is 2.24. The summed E-state index contributed by atoms with van der Waals surface area (Å²) in [4.78, 5) is 34.6. The van der Waals surface area contributed by atoms with Gasteiger partial charge in [0.05, 0.1) is 17.1 Å². The first-order valence-electron chi connectivity index (χ1n) is 9.80. The normalized spacial score (nSPS) is 11.6. The molecule has 0 spiro atoms. The van der Waals surface area contributed by atoms with Crippen LogP contribution in [0, 0.1) is 19.3 Å². The monoisotopic (exact) mass is 408 g/mol. The van der Waals surface area contributed by atoms with Crippen molar-refractivity contribution >= 4 is 16.7 Å². The highest BCUT2D eigenvalue weighted by atomic mass is 16.2. The molecule has 6 heteroatoms. The zero-order chi connectivity index (χ0) is 22.0. The summed E-state index contributed by atoms with van der Waals surface area (Å²) in [6.07, 6.45) is 8.66. The van der Waals surface area contributed by atoms with Crippen molar-refractivity contribution in [2.75, 3.05) is 0 Å². The van der Waals surface area contributed by atoms with Gasteiger partial charge >= 0.3 is 0 Å². The van der Waals surface area contributed by atoms with Gasteiger partial charge < -0.3 is 5.32 Å². The number of amides is 1. The summed E-state index contributed by atoms with van der Waals surface area (Å²) in [6.45, 7) is 3.55. The average Bonchev–Trinajstić information content (AvgIpc) is 2.79. The van der Waals surface area contributed by atoms with Gasteiger partial charge in [-0.2, -0.15) is 0 Å². The van der Waals surface area contributed by atoms with Crippen molar-refractivity contribution in [2.24, 2.45) is 0 Å². The summed E-state index contributed by atoms with van der Waals surface area (Å²) in [5.41, 5.74) is 2.40. The third-order valence-corrected chi connectivity index (χ3v) is 5.13. The highest BCUT2D eigenvalue weighted by molar-refractivity contribution is 5.93. The molecule has 0 unspecified atom stereocenters. The van der Waals surface area contributed by atoms with Crippen LogP contribution in [0.15, 0.2) is 71.8 Å². The Morgan fingerprint density at radius 2 is 1.84 bits per heavy atom. The molecule has 31 heavy (non-hydrogen) atoms. The molecule has 2 heterocycles. The number of nitrogens with one attached hydrogen (secondary N) is 1. The molecule has 2 aromatic carbocycles. The molecule has 2 aromatic heterocycles. The number of fused-ring (bicyclic) bond motifs is 1. The fourth-order valence-corrected chi connectivity index (χ4v) is 3.63. The first-order chi connectivity index (χ1) is 15.0. The molecule has 0 aliphatic carbocycles. The molecule has 0 aliphatic heterocycles. The number of hydrogen-bond donors (Lipinski definition) is 1. The SMILES string of the molecule is C#Cc1cccc2cc([C@@H](C)NC(=O)c3nccnc3C)n(-c3ccccc3)c(=O)c12. The maximum absolute atomic E-state index is 13.6. The Kier molecular flexibility index (Phi) is 5.33. The molecule has 0 saturated heterocycles. The molecule has 152 valence electrons. The second-order valence-corrected chi connectivity index (χ2v) is 7.14. The summed E-state index contributed by atoms with van der Waals surface area (Å²) in [5, 5.41) is 4.14. The van der Waals surface area contributed by atoms with Crippen LogP contribution in [0.5, 0.6) is 0 Å². The molecular formula is C25H20N4O2. The fourth-order valence-electron chi connectivity index (χ4n) is 3.63. The van der Waals surface area contributed by atoms with Crippen molar-refractivity contribution in [3.63, 3.8) is 0 Å². The predicted molar refractivity (Wildman–Crippen MR) is 120 cm³/mol. The van der Waals surface area contributed by atoms with E-state index in [2.05, 4.69) is 21.2 Å². The van der Waals surface area contributed by atoms with Crippen LogP contribution in [-0.2, 0) is 0 Å². The Bertz CT molecular complexity index is 1380. The largest absolute Gasteiger partial charge is 0.343 e. The van der Waals surface area contributed by atoms with Crippen LogP contribution >= 0.6 is 0 Å². The lowest BCUT2D eigenvalue weighted by Gasteiger charge is -2.21. The molecule has 0 saturated carbocycles. The van der Waals surface area contributed by atoms with Crippen LogP contribution in [0.3, 0.4) is 0 Å². The Balaban J connectivity index is 1.89. The third kappa shape index (κ3) is 3.69. The van der Waals surface area contributed by atoms with E-state index in [9.17, 15) is 9.59 Å². The van der Waals surface area contributed by atoms with Crippen molar-refractivity contribution in [3.05, 3.63) is 100.0 Å². The number of para-hydroxylation sites is 1. The van der Waals surface area contributed by atoms with Crippen molar-refractivity contribution in [1.82, 2.24) is 19.9 Å². The summed E-state index contributed by atoms with van der Waals surface area (Å²) in [6, 6.07) is 16.1. The lowest BCUT2D eigenvalue weighted by atomic mass is 10.0. The zero-order valence-electron chi connectivity index (χ0n) is 17.2. The molecule has 6 nitrogen and oxygen atoms in total. The number of benzene rings is 2. The smallest absolute Gasteiger partial charge is 0.272 e. The van der Waals surface area contributed by atoms with Gasteiger partial charge in [-0.15, -0.1) is 6.42 Å². The Morgan fingerprint density at radius 3 is 2.55 bits per heavy atom. The minimum Gasteiger partial charge on any atom is -0.343 e. The first-order valence-corrected chi connectivity index (χ1v) is 9.80. The van der Waals surface area contributed by atoms with E-state index < -0.39 is 6.04 Å². The van der Waals surface area contributed by atoms with Gasteiger partial charge in [-0.05, 0) is 43.5 Å². The molecule has 1 amide bonds. The quantitative estimate of drug-likeness (QED) is 0.524. The molecule has 0 fully saturated rings. The molecule has 4 rings (SSSR count). The van der Waals surface area contributed by atoms with E-state index >= 15 is 0 Å². The number of aryl methyl sites for hydroxylation is 1. The minimum atomic E-state index is -0.485. The van der Waals surface area contributed by atoms with E-state index in [0.29, 0.717) is 28.0 Å². The zero-order valence-corrected chi connectivity index (χ0v) is 17.2. The maximum atomic E-state index is 13.6. The Morgan fingerprint density at radius 1 is 1.10 bits per heavy atom. The second-order valence-electron chi connectivity index (χ2n) is 7.14. The molecule has 1 atom stereocenters. The number of rotatable bonds is 4. The number of hydrogen-bond acceptors (Lipinski definition) is 4. The van der Waals surface area contributed by atoms with Crippen LogP contribution in [0.25, 0.3) is 16.5 Å². The van der Waals surface area contributed by atoms with Gasteiger partial charge in [-0.3, -0.25) is 19.1 Å². The number of carbonyl (C=O) groups is 1. The van der Waals surface area contributed by atoms with Gasteiger partial charge in [0, 0.05) is 29.3 Å². The van der Waals surface area contributed by atoms with Crippen LogP contribution in [0.4, 0.5) is 0 Å². The van der Waals surface area contributed by atoms with E-state index in [-0.39, 0.29) is 17.2 Å². The highest BCUT2D eigenvalue weighted by Crippen LogP contribution is 2.23. The van der Waals surface area contributed by atoms with Gasteiger partial charge in [0.25, 0.3) is 11.5 Å². The fraction of sp³-hybridized carbons (Fsp3) is 0.120. The molecule has 1 N–H and O–H groups in total. The van der Waals surface area contributed by atoms with Crippen LogP contribution in [-0.4, -0.2) is 20.4 Å². The van der Waals surface area contributed by atoms with Gasteiger partial charge in [-0.1, -0.05) is 36.3 Å². The Labute approximate surface area is 179 Å². The number of terminal acetylenes is 1. The molecule has 4 aromatic rings. The Hall–Kier alpha value is -4.24. The molecule has 0 bridgehead atoms. The third-order valence-electron chi connectivity index (χ3n) is 5.13. The van der Waals surface area contributed by atoms with Gasteiger partial charge in [0.15, 0.2) is 0 Å². The summed E-state index contributed by atoms with van der Waals surface area (Å²) >= 11 is 0. The lowest BCUT2D eigenvalue weighted by Crippen LogP contribution is -2.33. The van der Waals surface area contributed by atoms with Gasteiger partial charge in [-0.25, -0.2) is 4.98 Å². The van der Waals surface area contributed by atoms with Crippen LogP contribution < -0.4 is 10.9 Å². The van der Waals surface area contributed by atoms with E-state index in [1.165, 1.54) is 12.4 Å². The standard InChI is InChI=1S/C25H20N4O2/c1-4-18-9-8-10-19-15-21(16(2)28-24(30)23-17(3)26-13-14-27-23)29(25(31)22(18)19)20-11-6-5-7-12-20/h1,5-16H,2-3H3,(H,28,30)/t16-/m1/s1. The van der Waals surface area contributed by atoms with Gasteiger partial charge in [0.1, 0.15) is 5.69 Å². The molecule has 0 aliphatic rings. The lowest BCUT2D eigenvalue weighted by molar-refractivity contribution is 0.0932. The predicted octanol–water partition coefficient (Wildman–Crippen LogP) is 3.56. The van der Waals surface area contributed by atoms with Gasteiger partial charge in [0.2, 0.25) is 0 Å². The van der Waals surface area contributed by atoms with Crippen molar-refractivity contribution in [3.8, 4) is 18.0 Å². The maximum Gasteiger partial charge on any atom is 0.272 e. The second kappa shape index (κ2) is 8.25. The van der Waals surface area contributed by atoms with E-state index in [0.717, 1.165) is 5.39 Å². The highest BCUT2D eigenvalue weighted by Gasteiger charge is 2.21. The molecular weight excluding hydrogens is 388 g/mol. The van der Waals surface area contributed by atoms with E-state index in [1.807, 2.05) is 55.5 Å².